The molecule has 0 saturated carbocycles. The van der Waals surface area contributed by atoms with E-state index in [1.165, 1.54) is 0 Å². The summed E-state index contributed by atoms with van der Waals surface area (Å²) in [5.74, 6) is -1.41. The summed E-state index contributed by atoms with van der Waals surface area (Å²) < 4.78 is 14.8. The Hall–Kier alpha value is -2.77. The number of nitrogens with one attached hydrogen (secondary N) is 1. The van der Waals surface area contributed by atoms with E-state index in [4.69, 9.17) is 0 Å². The number of hydrogen-bond donors (Lipinski definition) is 1. The van der Waals surface area contributed by atoms with Gasteiger partial charge in [0.2, 0.25) is 0 Å². The van der Waals surface area contributed by atoms with Crippen molar-refractivity contribution >= 4 is 11.6 Å². The van der Waals surface area contributed by atoms with Gasteiger partial charge in [-0.25, -0.2) is 4.39 Å². The van der Waals surface area contributed by atoms with E-state index >= 15 is 0 Å². The average Bonchev–Trinajstić information content (AvgIpc) is 2.75. The Labute approximate surface area is 119 Å². The van der Waals surface area contributed by atoms with Gasteiger partial charge in [0.05, 0.1) is 11.1 Å². The number of carbonyl (C=O) groups excluding carboxylic acids is 1. The second-order valence-electron chi connectivity index (χ2n) is 4.48. The average molecular weight is 292 g/mol. The summed E-state index contributed by atoms with van der Waals surface area (Å²) in [7, 11) is 1.76. The van der Waals surface area contributed by atoms with Crippen molar-refractivity contribution < 1.29 is 14.1 Å². The van der Waals surface area contributed by atoms with E-state index in [1.54, 1.807) is 17.9 Å². The monoisotopic (exact) mass is 292 g/mol. The first-order valence-corrected chi connectivity index (χ1v) is 6.09. The Morgan fingerprint density at radius 1 is 1.52 bits per heavy atom. The van der Waals surface area contributed by atoms with E-state index < -0.39 is 22.3 Å². The summed E-state index contributed by atoms with van der Waals surface area (Å²) in [4.78, 5) is 22.1. The number of nitrogens with zero attached hydrogens (tertiary/aromatic N) is 3. The molecule has 0 spiro atoms. The molecule has 2 aromatic rings. The van der Waals surface area contributed by atoms with E-state index in [2.05, 4.69) is 10.4 Å². The second-order valence-corrected chi connectivity index (χ2v) is 4.48. The normalized spacial score (nSPS) is 10.4. The smallest absolute Gasteiger partial charge is 0.282 e. The van der Waals surface area contributed by atoms with Gasteiger partial charge in [-0.15, -0.1) is 0 Å². The highest BCUT2D eigenvalue weighted by Crippen LogP contribution is 2.19. The Morgan fingerprint density at radius 2 is 2.24 bits per heavy atom. The molecule has 7 nitrogen and oxygen atoms in total. The van der Waals surface area contributed by atoms with Crippen LogP contribution in [0.25, 0.3) is 0 Å². The second kappa shape index (κ2) is 5.70. The zero-order valence-corrected chi connectivity index (χ0v) is 11.5. The molecule has 2 rings (SSSR count). The number of halogens is 1. The van der Waals surface area contributed by atoms with Gasteiger partial charge in [0, 0.05) is 30.9 Å². The van der Waals surface area contributed by atoms with Crippen LogP contribution in [-0.4, -0.2) is 20.6 Å². The number of hydrogen-bond acceptors (Lipinski definition) is 4. The molecule has 0 aliphatic rings. The molecule has 0 radical (unpaired) electrons. The lowest BCUT2D eigenvalue weighted by atomic mass is 10.1. The van der Waals surface area contributed by atoms with Crippen LogP contribution < -0.4 is 5.32 Å². The fourth-order valence-electron chi connectivity index (χ4n) is 1.84. The summed E-state index contributed by atoms with van der Waals surface area (Å²) in [6, 6.07) is 2.77. The molecule has 1 aromatic heterocycles. The van der Waals surface area contributed by atoms with Crippen molar-refractivity contribution in [3.8, 4) is 0 Å². The lowest BCUT2D eigenvalue weighted by Gasteiger charge is -2.06. The Kier molecular flexibility index (Phi) is 3.97. The van der Waals surface area contributed by atoms with Gasteiger partial charge in [0.1, 0.15) is 11.4 Å². The first kappa shape index (κ1) is 14.6. The molecule has 21 heavy (non-hydrogen) atoms. The molecular formula is C13H13FN4O3. The number of nitro groups is 1. The minimum atomic E-state index is -0.719. The standard InChI is InChI=1S/C13H13FN4O3/c1-8-9(7-16-17(8)2)6-15-13(19)11-5-10(14)3-4-12(11)18(20)21/h3-5,7H,6H2,1-2H3,(H,15,19). The highest BCUT2D eigenvalue weighted by atomic mass is 19.1. The first-order valence-electron chi connectivity index (χ1n) is 6.09. The third-order valence-electron chi connectivity index (χ3n) is 3.18. The topological polar surface area (TPSA) is 90.1 Å². The van der Waals surface area contributed by atoms with Crippen molar-refractivity contribution in [1.82, 2.24) is 15.1 Å². The quantitative estimate of drug-likeness (QED) is 0.686. The summed E-state index contributed by atoms with van der Waals surface area (Å²) >= 11 is 0. The number of amides is 1. The van der Waals surface area contributed by atoms with Crippen LogP contribution in [0.1, 0.15) is 21.6 Å². The number of aromatic nitrogens is 2. The van der Waals surface area contributed by atoms with E-state index in [-0.39, 0.29) is 12.1 Å². The lowest BCUT2D eigenvalue weighted by Crippen LogP contribution is -2.24. The minimum absolute atomic E-state index is 0.159. The van der Waals surface area contributed by atoms with Gasteiger partial charge >= 0.3 is 0 Å². The van der Waals surface area contributed by atoms with Gasteiger partial charge in [-0.2, -0.15) is 5.10 Å². The maximum atomic E-state index is 13.2. The van der Waals surface area contributed by atoms with Gasteiger partial charge < -0.3 is 5.32 Å². The molecule has 0 saturated heterocycles. The predicted molar refractivity (Wildman–Crippen MR) is 72.2 cm³/mol. The number of carbonyl (C=O) groups is 1. The van der Waals surface area contributed by atoms with Crippen LogP contribution in [0.15, 0.2) is 24.4 Å². The van der Waals surface area contributed by atoms with Crippen LogP contribution >= 0.6 is 0 Å². The van der Waals surface area contributed by atoms with Gasteiger partial charge in [0.15, 0.2) is 0 Å². The zero-order chi connectivity index (χ0) is 15.6. The third-order valence-corrected chi connectivity index (χ3v) is 3.18. The molecule has 1 amide bonds. The summed E-state index contributed by atoms with van der Waals surface area (Å²) in [6.45, 7) is 1.99. The predicted octanol–water partition coefficient (Wildman–Crippen LogP) is 1.71. The maximum absolute atomic E-state index is 13.2. The number of benzene rings is 1. The van der Waals surface area contributed by atoms with E-state index in [1.807, 2.05) is 6.92 Å². The molecule has 0 atom stereocenters. The summed E-state index contributed by atoms with van der Waals surface area (Å²) in [5, 5.41) is 17.4. The Bertz CT molecular complexity index is 711. The van der Waals surface area contributed by atoms with Crippen LogP contribution in [-0.2, 0) is 13.6 Å². The molecule has 0 unspecified atom stereocenters. The van der Waals surface area contributed by atoms with Gasteiger partial charge in [0.25, 0.3) is 11.6 Å². The molecule has 0 fully saturated rings. The van der Waals surface area contributed by atoms with Gasteiger partial charge in [-0.05, 0) is 19.1 Å². The molecule has 0 aliphatic heterocycles. The highest BCUT2D eigenvalue weighted by molar-refractivity contribution is 5.98. The number of nitro benzene ring substituents is 1. The molecule has 110 valence electrons. The van der Waals surface area contributed by atoms with Crippen molar-refractivity contribution in [3.63, 3.8) is 0 Å². The molecule has 1 N–H and O–H groups in total. The van der Waals surface area contributed by atoms with Crippen LogP contribution in [0.3, 0.4) is 0 Å². The molecule has 1 aromatic carbocycles. The Balaban J connectivity index is 2.19. The SMILES string of the molecule is Cc1c(CNC(=O)c2cc(F)ccc2[N+](=O)[O-])cnn1C. The zero-order valence-electron chi connectivity index (χ0n) is 11.5. The Morgan fingerprint density at radius 3 is 2.81 bits per heavy atom. The fraction of sp³-hybridized carbons (Fsp3) is 0.231. The maximum Gasteiger partial charge on any atom is 0.282 e. The number of aryl methyl sites for hydroxylation is 1. The van der Waals surface area contributed by atoms with Crippen molar-refractivity contribution in [2.45, 2.75) is 13.5 Å². The van der Waals surface area contributed by atoms with Gasteiger partial charge in [-0.3, -0.25) is 19.6 Å². The van der Waals surface area contributed by atoms with E-state index in [9.17, 15) is 19.3 Å². The van der Waals surface area contributed by atoms with Crippen molar-refractivity contribution in [2.24, 2.45) is 7.05 Å². The van der Waals surface area contributed by atoms with Crippen molar-refractivity contribution in [2.75, 3.05) is 0 Å². The molecule has 8 heteroatoms. The first-order chi connectivity index (χ1) is 9.90. The molecule has 0 bridgehead atoms. The lowest BCUT2D eigenvalue weighted by molar-refractivity contribution is -0.385. The van der Waals surface area contributed by atoms with E-state index in [0.717, 1.165) is 29.5 Å². The largest absolute Gasteiger partial charge is 0.348 e. The molecule has 1 heterocycles. The highest BCUT2D eigenvalue weighted by Gasteiger charge is 2.21. The van der Waals surface area contributed by atoms with E-state index in [0.29, 0.717) is 0 Å². The van der Waals surface area contributed by atoms with Crippen molar-refractivity contribution in [3.05, 3.63) is 57.1 Å². The third kappa shape index (κ3) is 3.04. The summed E-state index contributed by atoms with van der Waals surface area (Å²) in [5.41, 5.74) is 0.910. The molecular weight excluding hydrogens is 279 g/mol. The van der Waals surface area contributed by atoms with Crippen LogP contribution in [0, 0.1) is 22.9 Å². The summed E-state index contributed by atoms with van der Waals surface area (Å²) in [6.07, 6.45) is 1.59. The van der Waals surface area contributed by atoms with Crippen molar-refractivity contribution in [1.29, 1.82) is 0 Å². The van der Waals surface area contributed by atoms with Crippen LogP contribution in [0.2, 0.25) is 0 Å². The van der Waals surface area contributed by atoms with Crippen LogP contribution in [0.4, 0.5) is 10.1 Å². The molecule has 0 aliphatic carbocycles. The van der Waals surface area contributed by atoms with Crippen LogP contribution in [0.5, 0.6) is 0 Å². The minimum Gasteiger partial charge on any atom is -0.348 e. The fourth-order valence-corrected chi connectivity index (χ4v) is 1.84. The van der Waals surface area contributed by atoms with Gasteiger partial charge in [-0.1, -0.05) is 0 Å². The number of rotatable bonds is 4.